The predicted octanol–water partition coefficient (Wildman–Crippen LogP) is 2.38. The fourth-order valence-electron chi connectivity index (χ4n) is 1.16. The van der Waals surface area contributed by atoms with Crippen LogP contribution in [0.5, 0.6) is 0 Å². The molecule has 4 nitrogen and oxygen atoms in total. The van der Waals surface area contributed by atoms with Crippen LogP contribution in [0, 0.1) is 0 Å². The number of halogens is 2. The second-order valence-electron chi connectivity index (χ2n) is 2.93. The van der Waals surface area contributed by atoms with Crippen molar-refractivity contribution < 1.29 is 5.11 Å². The zero-order chi connectivity index (χ0) is 10.8. The molecule has 2 rings (SSSR count). The van der Waals surface area contributed by atoms with Crippen molar-refractivity contribution in [1.82, 2.24) is 13.9 Å². The predicted molar refractivity (Wildman–Crippen MR) is 59.3 cm³/mol. The van der Waals surface area contributed by atoms with Gasteiger partial charge in [-0.05, 0) is 11.5 Å². The lowest BCUT2D eigenvalue weighted by atomic mass is 10.3. The lowest BCUT2D eigenvalue weighted by molar-refractivity contribution is 0.160. The van der Waals surface area contributed by atoms with Crippen molar-refractivity contribution in [2.24, 2.45) is 0 Å². The summed E-state index contributed by atoms with van der Waals surface area (Å²) >= 11 is 12.7. The highest BCUT2D eigenvalue weighted by Gasteiger charge is 2.18. The Morgan fingerprint density at radius 3 is 2.87 bits per heavy atom. The first-order chi connectivity index (χ1) is 7.18. The third-order valence-electron chi connectivity index (χ3n) is 1.87. The minimum Gasteiger partial charge on any atom is -0.386 e. The van der Waals surface area contributed by atoms with Crippen LogP contribution in [-0.4, -0.2) is 19.0 Å². The van der Waals surface area contributed by atoms with Gasteiger partial charge in [0.2, 0.25) is 0 Å². The molecule has 0 radical (unpaired) electrons. The minimum absolute atomic E-state index is 0.237. The minimum atomic E-state index is -0.711. The van der Waals surface area contributed by atoms with Gasteiger partial charge in [0.15, 0.2) is 5.15 Å². The molecular weight excluding hydrogens is 257 g/mol. The van der Waals surface area contributed by atoms with E-state index in [0.717, 1.165) is 11.5 Å². The quantitative estimate of drug-likeness (QED) is 0.925. The molecule has 0 aliphatic heterocycles. The fraction of sp³-hybridized carbons (Fsp3) is 0.250. The van der Waals surface area contributed by atoms with Crippen molar-refractivity contribution >= 4 is 34.7 Å². The summed E-state index contributed by atoms with van der Waals surface area (Å²) in [6.45, 7) is 0.387. The number of rotatable bonds is 3. The third-order valence-corrected chi connectivity index (χ3v) is 3.78. The van der Waals surface area contributed by atoms with E-state index in [1.54, 1.807) is 23.3 Å². The molecule has 0 amide bonds. The molecule has 2 aromatic heterocycles. The van der Waals surface area contributed by atoms with Gasteiger partial charge in [-0.2, -0.15) is 4.37 Å². The molecule has 80 valence electrons. The summed E-state index contributed by atoms with van der Waals surface area (Å²) in [4.78, 5) is 4.46. The molecule has 1 N–H and O–H groups in total. The topological polar surface area (TPSA) is 50.9 Å². The van der Waals surface area contributed by atoms with Gasteiger partial charge in [-0.3, -0.25) is 0 Å². The van der Waals surface area contributed by atoms with E-state index in [2.05, 4.69) is 9.36 Å². The van der Waals surface area contributed by atoms with Gasteiger partial charge >= 0.3 is 0 Å². The van der Waals surface area contributed by atoms with Gasteiger partial charge in [-0.25, -0.2) is 4.98 Å². The Balaban J connectivity index is 2.14. The summed E-state index contributed by atoms with van der Waals surface area (Å²) in [5.41, 5.74) is 0. The van der Waals surface area contributed by atoms with Crippen molar-refractivity contribution in [3.05, 3.63) is 33.8 Å². The van der Waals surface area contributed by atoms with Gasteiger partial charge in [0.1, 0.15) is 6.10 Å². The van der Waals surface area contributed by atoms with Crippen molar-refractivity contribution in [2.75, 3.05) is 0 Å². The summed E-state index contributed by atoms with van der Waals surface area (Å²) in [6, 6.07) is 0. The molecule has 0 spiro atoms. The van der Waals surface area contributed by atoms with Gasteiger partial charge in [-0.1, -0.05) is 23.2 Å². The second kappa shape index (κ2) is 4.49. The molecule has 7 heteroatoms. The standard InChI is InChI=1S/C8H7Cl2N3OS/c9-6-7(15-12-8(6)10)5(14)3-13-2-1-11-4-13/h1-2,4-5,14H,3H2/t5-/m0/s1. The molecule has 0 saturated heterocycles. The maximum atomic E-state index is 9.87. The molecule has 1 atom stereocenters. The van der Waals surface area contributed by atoms with E-state index >= 15 is 0 Å². The average molecular weight is 264 g/mol. The van der Waals surface area contributed by atoms with Gasteiger partial charge in [0, 0.05) is 12.4 Å². The normalized spacial score (nSPS) is 13.0. The monoisotopic (exact) mass is 263 g/mol. The van der Waals surface area contributed by atoms with Crippen molar-refractivity contribution in [3.8, 4) is 0 Å². The van der Waals surface area contributed by atoms with Crippen LogP contribution in [0.3, 0.4) is 0 Å². The largest absolute Gasteiger partial charge is 0.386 e. The fourth-order valence-corrected chi connectivity index (χ4v) is 2.38. The number of aromatic nitrogens is 3. The Kier molecular flexibility index (Phi) is 3.25. The lowest BCUT2D eigenvalue weighted by Gasteiger charge is -2.08. The van der Waals surface area contributed by atoms with Gasteiger partial charge in [0.05, 0.1) is 22.8 Å². The third kappa shape index (κ3) is 2.31. The molecule has 2 aromatic rings. The van der Waals surface area contributed by atoms with E-state index in [-0.39, 0.29) is 5.15 Å². The Labute approximate surface area is 100 Å². The highest BCUT2D eigenvalue weighted by Crippen LogP contribution is 2.33. The number of aliphatic hydroxyl groups is 1. The highest BCUT2D eigenvalue weighted by atomic mass is 35.5. The number of imidazole rings is 1. The van der Waals surface area contributed by atoms with Crippen molar-refractivity contribution in [3.63, 3.8) is 0 Å². The second-order valence-corrected chi connectivity index (χ2v) is 4.47. The zero-order valence-electron chi connectivity index (χ0n) is 7.47. The van der Waals surface area contributed by atoms with Crippen LogP contribution in [0.1, 0.15) is 11.0 Å². The van der Waals surface area contributed by atoms with Crippen LogP contribution >= 0.6 is 34.7 Å². The van der Waals surface area contributed by atoms with Crippen LogP contribution in [-0.2, 0) is 6.54 Å². The maximum absolute atomic E-state index is 9.87. The Morgan fingerprint density at radius 1 is 1.53 bits per heavy atom. The molecule has 0 fully saturated rings. The lowest BCUT2D eigenvalue weighted by Crippen LogP contribution is -2.05. The van der Waals surface area contributed by atoms with Gasteiger partial charge < -0.3 is 9.67 Å². The molecular formula is C8H7Cl2N3OS. The molecule has 0 aliphatic carbocycles. The van der Waals surface area contributed by atoms with Crippen LogP contribution in [0.4, 0.5) is 0 Å². The highest BCUT2D eigenvalue weighted by molar-refractivity contribution is 7.07. The van der Waals surface area contributed by atoms with Crippen molar-refractivity contribution in [2.45, 2.75) is 12.6 Å². The van der Waals surface area contributed by atoms with E-state index in [4.69, 9.17) is 23.2 Å². The maximum Gasteiger partial charge on any atom is 0.161 e. The van der Waals surface area contributed by atoms with Crippen LogP contribution in [0.15, 0.2) is 18.7 Å². The van der Waals surface area contributed by atoms with E-state index in [9.17, 15) is 5.11 Å². The SMILES string of the molecule is O[C@@H](Cn1ccnc1)c1snc(Cl)c1Cl. The van der Waals surface area contributed by atoms with E-state index in [1.165, 1.54) is 0 Å². The first-order valence-corrected chi connectivity index (χ1v) is 5.66. The summed E-state index contributed by atoms with van der Waals surface area (Å²) in [6.07, 6.45) is 4.32. The molecule has 0 bridgehead atoms. The van der Waals surface area contributed by atoms with Crippen LogP contribution in [0.25, 0.3) is 0 Å². The Bertz CT molecular complexity index is 443. The summed E-state index contributed by atoms with van der Waals surface area (Å²) in [5.74, 6) is 0. The van der Waals surface area contributed by atoms with Gasteiger partial charge in [-0.15, -0.1) is 0 Å². The van der Waals surface area contributed by atoms with Crippen molar-refractivity contribution in [1.29, 1.82) is 0 Å². The number of nitrogens with zero attached hydrogens (tertiary/aromatic N) is 3. The molecule has 2 heterocycles. The smallest absolute Gasteiger partial charge is 0.161 e. The number of aliphatic hydroxyl groups excluding tert-OH is 1. The Hall–Kier alpha value is -0.620. The summed E-state index contributed by atoms with van der Waals surface area (Å²) < 4.78 is 5.62. The zero-order valence-corrected chi connectivity index (χ0v) is 9.80. The van der Waals surface area contributed by atoms with Gasteiger partial charge in [0.25, 0.3) is 0 Å². The summed E-state index contributed by atoms with van der Waals surface area (Å²) in [7, 11) is 0. The molecule has 0 aromatic carbocycles. The molecule has 0 unspecified atom stereocenters. The van der Waals surface area contributed by atoms with E-state index in [0.29, 0.717) is 16.4 Å². The molecule has 15 heavy (non-hydrogen) atoms. The molecule has 0 saturated carbocycles. The Morgan fingerprint density at radius 2 is 2.33 bits per heavy atom. The first-order valence-electron chi connectivity index (χ1n) is 4.13. The van der Waals surface area contributed by atoms with Crippen LogP contribution < -0.4 is 0 Å². The first kappa shape index (κ1) is 10.9. The average Bonchev–Trinajstić information content (AvgIpc) is 2.79. The van der Waals surface area contributed by atoms with Crippen LogP contribution in [0.2, 0.25) is 10.2 Å². The number of hydrogen-bond donors (Lipinski definition) is 1. The summed E-state index contributed by atoms with van der Waals surface area (Å²) in [5, 5.41) is 10.4. The molecule has 0 aliphatic rings. The number of hydrogen-bond acceptors (Lipinski definition) is 4. The van der Waals surface area contributed by atoms with E-state index in [1.807, 2.05) is 0 Å². The van der Waals surface area contributed by atoms with E-state index < -0.39 is 6.10 Å².